The largest absolute Gasteiger partial charge is 0.416 e. The maximum Gasteiger partial charge on any atom is 0.416 e. The van der Waals surface area contributed by atoms with Crippen molar-refractivity contribution in [2.45, 2.75) is 25.7 Å². The highest BCUT2D eigenvalue weighted by atomic mass is 19.3. The van der Waals surface area contributed by atoms with Gasteiger partial charge in [0.1, 0.15) is 0 Å². The number of hydrogen-bond acceptors (Lipinski definition) is 3. The van der Waals surface area contributed by atoms with Gasteiger partial charge in [-0.05, 0) is 25.0 Å². The van der Waals surface area contributed by atoms with Gasteiger partial charge in [0.05, 0.1) is 0 Å². The number of benzene rings is 1. The average Bonchev–Trinajstić information content (AvgIpc) is 2.45. The Morgan fingerprint density at radius 2 is 1.16 bits per heavy atom. The molecule has 7 heteroatoms. The van der Waals surface area contributed by atoms with E-state index in [9.17, 15) is 27.2 Å². The minimum Gasteiger partial charge on any atom is -0.384 e. The van der Waals surface area contributed by atoms with Gasteiger partial charge in [-0.15, -0.1) is 0 Å². The highest BCUT2D eigenvalue weighted by molar-refractivity contribution is 6.03. The van der Waals surface area contributed by atoms with Crippen LogP contribution in [0.5, 0.6) is 0 Å². The van der Waals surface area contributed by atoms with Crippen LogP contribution in [0.1, 0.15) is 11.1 Å². The second-order valence-corrected chi connectivity index (χ2v) is 3.91. The van der Waals surface area contributed by atoms with Crippen LogP contribution in [0.2, 0.25) is 0 Å². The summed E-state index contributed by atoms with van der Waals surface area (Å²) in [5.74, 6) is -15.1. The van der Waals surface area contributed by atoms with Crippen LogP contribution in [0.4, 0.5) is 17.6 Å². The van der Waals surface area contributed by atoms with Crippen LogP contribution in [0.3, 0.4) is 0 Å². The molecule has 0 atom stereocenters. The van der Waals surface area contributed by atoms with Crippen molar-refractivity contribution in [1.82, 2.24) is 0 Å². The second kappa shape index (κ2) is 4.99. The fraction of sp³-hybridized carbons (Fsp3) is 0.333. The predicted octanol–water partition coefficient (Wildman–Crippen LogP) is 2.64. The van der Waals surface area contributed by atoms with Crippen LogP contribution in [0.15, 0.2) is 24.3 Å². The van der Waals surface area contributed by atoms with Gasteiger partial charge in [0.25, 0.3) is 0 Å². The minimum atomic E-state index is -5.02. The zero-order valence-electron chi connectivity index (χ0n) is 10.0. The number of rotatable bonds is 0. The summed E-state index contributed by atoms with van der Waals surface area (Å²) in [6.45, 7) is 4.24. The van der Waals surface area contributed by atoms with Crippen LogP contribution in [0, 0.1) is 13.8 Å². The summed E-state index contributed by atoms with van der Waals surface area (Å²) in [5.41, 5.74) is 2.74. The molecule has 0 unspecified atom stereocenters. The third-order valence-corrected chi connectivity index (χ3v) is 2.52. The van der Waals surface area contributed by atoms with Gasteiger partial charge in [0, 0.05) is 0 Å². The molecule has 0 N–H and O–H groups in total. The summed E-state index contributed by atoms with van der Waals surface area (Å²) < 4.78 is 50.7. The molecular weight excluding hydrogens is 268 g/mol. The van der Waals surface area contributed by atoms with Crippen molar-refractivity contribution >= 4 is 11.9 Å². The van der Waals surface area contributed by atoms with Crippen LogP contribution < -0.4 is 0 Å². The van der Waals surface area contributed by atoms with E-state index in [0.717, 1.165) is 0 Å². The van der Waals surface area contributed by atoms with Gasteiger partial charge in [-0.25, -0.2) is 9.59 Å². The normalized spacial score (nSPS) is 19.5. The Morgan fingerprint density at radius 3 is 1.32 bits per heavy atom. The maximum absolute atomic E-state index is 11.9. The molecule has 1 saturated heterocycles. The molecule has 0 radical (unpaired) electrons. The molecule has 0 saturated carbocycles. The van der Waals surface area contributed by atoms with E-state index in [-0.39, 0.29) is 0 Å². The lowest BCUT2D eigenvalue weighted by Gasteiger charge is -2.09. The molecule has 2 rings (SSSR count). The molecule has 3 nitrogen and oxygen atoms in total. The van der Waals surface area contributed by atoms with E-state index in [0.29, 0.717) is 0 Å². The van der Waals surface area contributed by atoms with E-state index in [1.54, 1.807) is 0 Å². The molecule has 0 spiro atoms. The Labute approximate surface area is 106 Å². The second-order valence-electron chi connectivity index (χ2n) is 3.91. The smallest absolute Gasteiger partial charge is 0.384 e. The monoisotopic (exact) mass is 278 g/mol. The van der Waals surface area contributed by atoms with Crippen molar-refractivity contribution in [2.75, 3.05) is 0 Å². The number of aryl methyl sites for hydroxylation is 2. The van der Waals surface area contributed by atoms with E-state index in [2.05, 4.69) is 42.8 Å². The summed E-state index contributed by atoms with van der Waals surface area (Å²) in [6, 6.07) is 8.36. The first-order valence-corrected chi connectivity index (χ1v) is 5.15. The summed E-state index contributed by atoms with van der Waals surface area (Å²) >= 11 is 0. The van der Waals surface area contributed by atoms with Crippen molar-refractivity contribution in [3.8, 4) is 0 Å². The molecule has 19 heavy (non-hydrogen) atoms. The molecule has 0 aromatic heterocycles. The molecule has 1 aliphatic heterocycles. The quantitative estimate of drug-likeness (QED) is 0.416. The summed E-state index contributed by atoms with van der Waals surface area (Å²) in [7, 11) is 0. The van der Waals surface area contributed by atoms with Gasteiger partial charge in [-0.2, -0.15) is 17.6 Å². The summed E-state index contributed by atoms with van der Waals surface area (Å²) in [6.07, 6.45) is 0. The maximum atomic E-state index is 11.9. The standard InChI is InChI=1S/C8H10.C4F4O3/c1-7-5-3-4-6-8(7)2;5-3(6)1(9)11-2(10)4(3,7)8/h3-6H,1-2H3;. The number of carbonyl (C=O) groups is 2. The van der Waals surface area contributed by atoms with Crippen molar-refractivity contribution < 1.29 is 31.9 Å². The van der Waals surface area contributed by atoms with Crippen LogP contribution in [-0.4, -0.2) is 23.8 Å². The fourth-order valence-electron chi connectivity index (χ4n) is 1.13. The number of ether oxygens (including phenoxy) is 1. The van der Waals surface area contributed by atoms with E-state index in [1.165, 1.54) is 11.1 Å². The molecular formula is C12H10F4O3. The molecule has 1 aromatic carbocycles. The van der Waals surface area contributed by atoms with Crippen LogP contribution >= 0.6 is 0 Å². The lowest BCUT2D eigenvalue weighted by molar-refractivity contribution is -0.192. The SMILES string of the molecule is Cc1ccccc1C.O=C1OC(=O)C(F)(F)C1(F)F. The number of cyclic esters (lactones) is 2. The van der Waals surface area contributed by atoms with Crippen molar-refractivity contribution in [3.63, 3.8) is 0 Å². The summed E-state index contributed by atoms with van der Waals surface area (Å²) in [5, 5.41) is 0. The predicted molar refractivity (Wildman–Crippen MR) is 56.9 cm³/mol. The Hall–Kier alpha value is -1.92. The third kappa shape index (κ3) is 2.74. The fourth-order valence-corrected chi connectivity index (χ4v) is 1.13. The number of alkyl halides is 4. The molecule has 0 bridgehead atoms. The van der Waals surface area contributed by atoms with Crippen molar-refractivity contribution in [3.05, 3.63) is 35.4 Å². The number of halogens is 4. The van der Waals surface area contributed by atoms with Crippen LogP contribution in [-0.2, 0) is 14.3 Å². The van der Waals surface area contributed by atoms with Crippen molar-refractivity contribution in [2.24, 2.45) is 0 Å². The van der Waals surface area contributed by atoms with E-state index < -0.39 is 23.8 Å². The topological polar surface area (TPSA) is 43.4 Å². The van der Waals surface area contributed by atoms with E-state index >= 15 is 0 Å². The molecule has 1 heterocycles. The highest BCUT2D eigenvalue weighted by Crippen LogP contribution is 2.41. The lowest BCUT2D eigenvalue weighted by Crippen LogP contribution is -2.43. The number of hydrogen-bond donors (Lipinski definition) is 0. The first kappa shape index (κ1) is 15.1. The minimum absolute atomic E-state index is 1.37. The molecule has 1 fully saturated rings. The first-order chi connectivity index (χ1) is 8.60. The van der Waals surface area contributed by atoms with Gasteiger partial charge in [-0.1, -0.05) is 24.3 Å². The molecule has 1 aliphatic rings. The zero-order chi connectivity index (χ0) is 14.8. The number of esters is 2. The van der Waals surface area contributed by atoms with Gasteiger partial charge in [0.15, 0.2) is 0 Å². The van der Waals surface area contributed by atoms with E-state index in [4.69, 9.17) is 0 Å². The van der Waals surface area contributed by atoms with E-state index in [1.807, 2.05) is 0 Å². The van der Waals surface area contributed by atoms with Gasteiger partial charge >= 0.3 is 23.8 Å². The molecule has 0 amide bonds. The first-order valence-electron chi connectivity index (χ1n) is 5.15. The van der Waals surface area contributed by atoms with Crippen LogP contribution in [0.25, 0.3) is 0 Å². The highest BCUT2D eigenvalue weighted by Gasteiger charge is 2.75. The molecule has 0 aliphatic carbocycles. The Balaban J connectivity index is 0.000000200. The summed E-state index contributed by atoms with van der Waals surface area (Å²) in [4.78, 5) is 19.7. The zero-order valence-corrected chi connectivity index (χ0v) is 10.0. The van der Waals surface area contributed by atoms with Gasteiger partial charge in [0.2, 0.25) is 0 Å². The number of carbonyl (C=O) groups excluding carboxylic acids is 2. The Bertz CT molecular complexity index is 466. The van der Waals surface area contributed by atoms with Gasteiger partial charge in [-0.3, -0.25) is 0 Å². The Morgan fingerprint density at radius 1 is 0.842 bits per heavy atom. The average molecular weight is 278 g/mol. The third-order valence-electron chi connectivity index (χ3n) is 2.52. The molecule has 104 valence electrons. The van der Waals surface area contributed by atoms with Crippen molar-refractivity contribution in [1.29, 1.82) is 0 Å². The van der Waals surface area contributed by atoms with Gasteiger partial charge < -0.3 is 4.74 Å². The Kier molecular flexibility index (Phi) is 3.97. The lowest BCUT2D eigenvalue weighted by atomic mass is 10.1. The molecule has 1 aromatic rings.